The van der Waals surface area contributed by atoms with Crippen LogP contribution in [0.5, 0.6) is 11.5 Å². The molecule has 3 rings (SSSR count). The lowest BCUT2D eigenvalue weighted by Crippen LogP contribution is -2.23. The normalized spacial score (nSPS) is 13.3. The van der Waals surface area contributed by atoms with Crippen molar-refractivity contribution in [2.45, 2.75) is 11.8 Å². The number of halogens is 1. The van der Waals surface area contributed by atoms with Crippen LogP contribution in [-0.2, 0) is 10.0 Å². The Morgan fingerprint density at radius 2 is 1.85 bits per heavy atom. The minimum absolute atomic E-state index is 0.0141. The molecule has 1 heterocycles. The monoisotopic (exact) mass is 396 g/mol. The molecular weight excluding hydrogens is 380 g/mol. The smallest absolute Gasteiger partial charge is 0.255 e. The van der Waals surface area contributed by atoms with Crippen LogP contribution in [0.3, 0.4) is 0 Å². The van der Waals surface area contributed by atoms with Gasteiger partial charge < -0.3 is 14.8 Å². The Labute approximate surface area is 156 Å². The summed E-state index contributed by atoms with van der Waals surface area (Å²) in [5.74, 6) is 0.509. The summed E-state index contributed by atoms with van der Waals surface area (Å²) < 4.78 is 37.5. The topological polar surface area (TPSA) is 93.7 Å². The molecule has 1 aliphatic heterocycles. The maximum absolute atomic E-state index is 12.5. The van der Waals surface area contributed by atoms with Gasteiger partial charge in [-0.2, -0.15) is 0 Å². The van der Waals surface area contributed by atoms with Crippen LogP contribution in [0.2, 0.25) is 5.02 Å². The fourth-order valence-electron chi connectivity index (χ4n) is 2.43. The van der Waals surface area contributed by atoms with E-state index in [1.165, 1.54) is 24.3 Å². The Morgan fingerprint density at radius 3 is 2.54 bits per heavy atom. The summed E-state index contributed by atoms with van der Waals surface area (Å²) in [7, 11) is -3.65. The summed E-state index contributed by atoms with van der Waals surface area (Å²) in [6.07, 6.45) is 0. The summed E-state index contributed by atoms with van der Waals surface area (Å²) in [6.45, 7) is 2.78. The zero-order chi connectivity index (χ0) is 18.7. The lowest BCUT2D eigenvalue weighted by atomic mass is 10.2. The molecule has 0 bridgehead atoms. The Morgan fingerprint density at radius 1 is 1.15 bits per heavy atom. The molecule has 2 aromatic carbocycles. The molecule has 0 atom stereocenters. The van der Waals surface area contributed by atoms with Gasteiger partial charge in [0.15, 0.2) is 11.5 Å². The third-order valence-corrected chi connectivity index (χ3v) is 5.48. The van der Waals surface area contributed by atoms with E-state index in [4.69, 9.17) is 21.1 Å². The first-order valence-electron chi connectivity index (χ1n) is 7.91. The second kappa shape index (κ2) is 7.53. The number of amides is 1. The van der Waals surface area contributed by atoms with E-state index in [1.807, 2.05) is 0 Å². The van der Waals surface area contributed by atoms with Gasteiger partial charge in [0.05, 0.1) is 15.6 Å². The van der Waals surface area contributed by atoms with Gasteiger partial charge in [-0.1, -0.05) is 24.6 Å². The first-order chi connectivity index (χ1) is 12.4. The fourth-order valence-corrected chi connectivity index (χ4v) is 3.72. The number of hydrogen-bond donors (Lipinski definition) is 2. The van der Waals surface area contributed by atoms with E-state index in [2.05, 4.69) is 10.0 Å². The Hall–Kier alpha value is -2.29. The Balaban J connectivity index is 1.85. The molecule has 1 aliphatic rings. The van der Waals surface area contributed by atoms with E-state index in [1.54, 1.807) is 19.1 Å². The minimum atomic E-state index is -3.65. The molecule has 138 valence electrons. The molecular formula is C17H17ClN2O5S. The number of nitrogens with one attached hydrogen (secondary N) is 2. The minimum Gasteiger partial charge on any atom is -0.486 e. The summed E-state index contributed by atoms with van der Waals surface area (Å²) in [5, 5.41) is 2.96. The highest BCUT2D eigenvalue weighted by molar-refractivity contribution is 7.89. The van der Waals surface area contributed by atoms with Gasteiger partial charge in [0.25, 0.3) is 5.91 Å². The molecule has 7 nitrogen and oxygen atoms in total. The van der Waals surface area contributed by atoms with E-state index in [9.17, 15) is 13.2 Å². The molecule has 0 spiro atoms. The number of sulfonamides is 1. The number of ether oxygens (including phenoxy) is 2. The van der Waals surface area contributed by atoms with Crippen molar-refractivity contribution in [3.63, 3.8) is 0 Å². The van der Waals surface area contributed by atoms with Crippen molar-refractivity contribution in [1.82, 2.24) is 4.72 Å². The second-order valence-electron chi connectivity index (χ2n) is 5.46. The number of carbonyl (C=O) groups is 1. The van der Waals surface area contributed by atoms with Crippen LogP contribution in [0.1, 0.15) is 17.3 Å². The molecule has 9 heteroatoms. The highest BCUT2D eigenvalue weighted by Crippen LogP contribution is 2.38. The second-order valence-corrected chi connectivity index (χ2v) is 7.63. The van der Waals surface area contributed by atoms with Gasteiger partial charge in [-0.3, -0.25) is 4.79 Å². The van der Waals surface area contributed by atoms with E-state index in [0.717, 1.165) is 0 Å². The van der Waals surface area contributed by atoms with Gasteiger partial charge >= 0.3 is 0 Å². The maximum Gasteiger partial charge on any atom is 0.255 e. The van der Waals surface area contributed by atoms with Crippen LogP contribution >= 0.6 is 11.6 Å². The Bertz CT molecular complexity index is 946. The SMILES string of the molecule is CCNS(=O)(=O)c1cccc(C(=O)Nc2cc3c(cc2Cl)OCCO3)c1. The standard InChI is InChI=1S/C17H17ClN2O5S/c1-2-19-26(22,23)12-5-3-4-11(8-12)17(21)20-14-10-16-15(9-13(14)18)24-6-7-25-16/h3-5,8-10,19H,2,6-7H2,1H3,(H,20,21). The first-order valence-corrected chi connectivity index (χ1v) is 9.77. The lowest BCUT2D eigenvalue weighted by molar-refractivity contribution is 0.102. The van der Waals surface area contributed by atoms with Crippen molar-refractivity contribution in [3.05, 3.63) is 47.0 Å². The van der Waals surface area contributed by atoms with Crippen LogP contribution in [0.15, 0.2) is 41.3 Å². The molecule has 1 amide bonds. The van der Waals surface area contributed by atoms with Crippen molar-refractivity contribution in [1.29, 1.82) is 0 Å². The van der Waals surface area contributed by atoms with Crippen molar-refractivity contribution in [3.8, 4) is 11.5 Å². The third-order valence-electron chi connectivity index (χ3n) is 3.62. The highest BCUT2D eigenvalue weighted by Gasteiger charge is 2.18. The van der Waals surface area contributed by atoms with E-state index < -0.39 is 15.9 Å². The van der Waals surface area contributed by atoms with Crippen LogP contribution in [-0.4, -0.2) is 34.1 Å². The molecule has 0 aliphatic carbocycles. The zero-order valence-electron chi connectivity index (χ0n) is 13.9. The molecule has 0 saturated carbocycles. The molecule has 0 radical (unpaired) electrons. The number of carbonyl (C=O) groups excluding carboxylic acids is 1. The van der Waals surface area contributed by atoms with E-state index in [-0.39, 0.29) is 17.0 Å². The van der Waals surface area contributed by atoms with Crippen LogP contribution in [0.25, 0.3) is 0 Å². The molecule has 2 N–H and O–H groups in total. The molecule has 0 fully saturated rings. The largest absolute Gasteiger partial charge is 0.486 e. The van der Waals surface area contributed by atoms with E-state index >= 15 is 0 Å². The number of hydrogen-bond acceptors (Lipinski definition) is 5. The maximum atomic E-state index is 12.5. The van der Waals surface area contributed by atoms with Gasteiger partial charge in [0, 0.05) is 24.2 Å². The van der Waals surface area contributed by atoms with E-state index in [0.29, 0.717) is 35.4 Å². The number of anilines is 1. The highest BCUT2D eigenvalue weighted by atomic mass is 35.5. The summed E-state index contributed by atoms with van der Waals surface area (Å²) >= 11 is 6.18. The van der Waals surface area contributed by atoms with Crippen molar-refractivity contribution in [2.24, 2.45) is 0 Å². The van der Waals surface area contributed by atoms with Crippen molar-refractivity contribution >= 4 is 33.2 Å². The Kier molecular flexibility index (Phi) is 5.36. The molecule has 0 aromatic heterocycles. The van der Waals surface area contributed by atoms with Gasteiger partial charge in [-0.25, -0.2) is 13.1 Å². The number of fused-ring (bicyclic) bond motifs is 1. The number of rotatable bonds is 5. The van der Waals surface area contributed by atoms with Gasteiger partial charge in [0.2, 0.25) is 10.0 Å². The van der Waals surface area contributed by atoms with Gasteiger partial charge in [0.1, 0.15) is 13.2 Å². The quantitative estimate of drug-likeness (QED) is 0.810. The summed E-state index contributed by atoms with van der Waals surface area (Å²) in [6, 6.07) is 8.90. The first kappa shape index (κ1) is 18.5. The average Bonchev–Trinajstić information content (AvgIpc) is 2.62. The molecule has 0 unspecified atom stereocenters. The van der Waals surface area contributed by atoms with Crippen LogP contribution in [0, 0.1) is 0 Å². The third kappa shape index (κ3) is 3.92. The van der Waals surface area contributed by atoms with Crippen molar-refractivity contribution in [2.75, 3.05) is 25.1 Å². The molecule has 2 aromatic rings. The number of benzene rings is 2. The summed E-state index contributed by atoms with van der Waals surface area (Å²) in [5.41, 5.74) is 0.538. The van der Waals surface area contributed by atoms with Crippen LogP contribution < -0.4 is 19.5 Å². The molecule has 26 heavy (non-hydrogen) atoms. The van der Waals surface area contributed by atoms with Crippen LogP contribution in [0.4, 0.5) is 5.69 Å². The lowest BCUT2D eigenvalue weighted by Gasteiger charge is -2.20. The average molecular weight is 397 g/mol. The van der Waals surface area contributed by atoms with Crippen molar-refractivity contribution < 1.29 is 22.7 Å². The predicted molar refractivity (Wildman–Crippen MR) is 97.7 cm³/mol. The van der Waals surface area contributed by atoms with Gasteiger partial charge in [-0.05, 0) is 18.2 Å². The fraction of sp³-hybridized carbons (Fsp3) is 0.235. The predicted octanol–water partition coefficient (Wildman–Crippen LogP) is 2.66. The van der Waals surface area contributed by atoms with Gasteiger partial charge in [-0.15, -0.1) is 0 Å². The zero-order valence-corrected chi connectivity index (χ0v) is 15.5. The summed E-state index contributed by atoms with van der Waals surface area (Å²) in [4.78, 5) is 12.5. The molecule has 0 saturated heterocycles.